The zero-order chi connectivity index (χ0) is 26.5. The summed E-state index contributed by atoms with van der Waals surface area (Å²) in [5.41, 5.74) is 3.34. The number of morpholine rings is 1. The summed E-state index contributed by atoms with van der Waals surface area (Å²) in [6, 6.07) is 20.2. The molecule has 1 aliphatic rings. The molecule has 0 spiro atoms. The number of amides is 2. The second-order valence-corrected chi connectivity index (χ2v) is 9.16. The van der Waals surface area contributed by atoms with E-state index in [9.17, 15) is 14.0 Å². The van der Waals surface area contributed by atoms with Crippen molar-refractivity contribution in [2.45, 2.75) is 26.1 Å². The highest BCUT2D eigenvalue weighted by molar-refractivity contribution is 5.97. The third-order valence-electron chi connectivity index (χ3n) is 6.68. The van der Waals surface area contributed by atoms with E-state index < -0.39 is 11.9 Å². The van der Waals surface area contributed by atoms with E-state index in [2.05, 4.69) is 20.5 Å². The lowest BCUT2D eigenvalue weighted by molar-refractivity contribution is -0.139. The molecule has 4 aromatic rings. The van der Waals surface area contributed by atoms with Gasteiger partial charge in [-0.25, -0.2) is 9.07 Å². The van der Waals surface area contributed by atoms with Gasteiger partial charge in [0.15, 0.2) is 0 Å². The van der Waals surface area contributed by atoms with Crippen LogP contribution in [0.4, 0.5) is 15.8 Å². The molecule has 0 unspecified atom stereocenters. The van der Waals surface area contributed by atoms with Crippen LogP contribution in [0.2, 0.25) is 0 Å². The molecular formula is C28H29FN6O3. The Labute approximate surface area is 219 Å². The molecule has 0 saturated carbocycles. The Kier molecular flexibility index (Phi) is 7.60. The monoisotopic (exact) mass is 516 g/mol. The van der Waals surface area contributed by atoms with Crippen LogP contribution in [0.25, 0.3) is 11.0 Å². The summed E-state index contributed by atoms with van der Waals surface area (Å²) < 4.78 is 21.4. The number of hydrogen-bond donors (Lipinski definition) is 1. The normalized spacial score (nSPS) is 14.3. The molecule has 0 radical (unpaired) electrons. The average molecular weight is 517 g/mol. The Morgan fingerprint density at radius 3 is 2.50 bits per heavy atom. The maximum absolute atomic E-state index is 14.5. The van der Waals surface area contributed by atoms with Crippen molar-refractivity contribution >= 4 is 34.2 Å². The summed E-state index contributed by atoms with van der Waals surface area (Å²) in [7, 11) is 0. The Hall–Kier alpha value is -4.31. The first-order chi connectivity index (χ1) is 18.5. The van der Waals surface area contributed by atoms with E-state index in [4.69, 9.17) is 4.74 Å². The molecule has 0 bridgehead atoms. The Morgan fingerprint density at radius 1 is 1.03 bits per heavy atom. The Morgan fingerprint density at radius 2 is 1.74 bits per heavy atom. The number of nitrogens with zero attached hydrogens (tertiary/aromatic N) is 5. The summed E-state index contributed by atoms with van der Waals surface area (Å²) in [5, 5.41) is 11.1. The number of nitrogens with one attached hydrogen (secondary N) is 1. The highest BCUT2D eigenvalue weighted by Crippen LogP contribution is 2.20. The Balaban J connectivity index is 1.33. The van der Waals surface area contributed by atoms with E-state index >= 15 is 0 Å². The molecule has 1 saturated heterocycles. The SMILES string of the molecule is C[C@H](C(=O)Nc1ccc(N2CCOCC2)cc1)N(Cc1ccccc1F)C(=O)Cn1nnc2ccccc21. The van der Waals surface area contributed by atoms with Crippen LogP contribution < -0.4 is 10.2 Å². The maximum atomic E-state index is 14.5. The van der Waals surface area contributed by atoms with Crippen LogP contribution in [0.3, 0.4) is 0 Å². The first kappa shape index (κ1) is 25.3. The number of carbonyl (C=O) groups excluding carboxylic acids is 2. The quantitative estimate of drug-likeness (QED) is 0.386. The number of anilines is 2. The molecule has 0 aliphatic carbocycles. The van der Waals surface area contributed by atoms with Gasteiger partial charge in [-0.3, -0.25) is 9.59 Å². The van der Waals surface area contributed by atoms with Crippen LogP contribution in [0, 0.1) is 5.82 Å². The average Bonchev–Trinajstić information content (AvgIpc) is 3.35. The van der Waals surface area contributed by atoms with Gasteiger partial charge in [0.05, 0.1) is 18.7 Å². The first-order valence-electron chi connectivity index (χ1n) is 12.5. The lowest BCUT2D eigenvalue weighted by Gasteiger charge is -2.29. The minimum Gasteiger partial charge on any atom is -0.378 e. The molecule has 2 amide bonds. The van der Waals surface area contributed by atoms with Crippen molar-refractivity contribution in [3.05, 3.63) is 84.2 Å². The number of halogens is 1. The molecule has 10 heteroatoms. The van der Waals surface area contributed by atoms with Crippen molar-refractivity contribution in [3.8, 4) is 0 Å². The van der Waals surface area contributed by atoms with Gasteiger partial charge in [-0.2, -0.15) is 0 Å². The van der Waals surface area contributed by atoms with Crippen LogP contribution >= 0.6 is 0 Å². The molecule has 1 aliphatic heterocycles. The van der Waals surface area contributed by atoms with Crippen molar-refractivity contribution in [1.82, 2.24) is 19.9 Å². The van der Waals surface area contributed by atoms with Crippen molar-refractivity contribution < 1.29 is 18.7 Å². The number of aromatic nitrogens is 3. The Bertz CT molecular complexity index is 1420. The number of fused-ring (bicyclic) bond motifs is 1. The number of benzene rings is 3. The maximum Gasteiger partial charge on any atom is 0.246 e. The minimum atomic E-state index is -0.879. The van der Waals surface area contributed by atoms with E-state index in [0.29, 0.717) is 35.5 Å². The molecule has 9 nitrogen and oxygen atoms in total. The third-order valence-corrected chi connectivity index (χ3v) is 6.68. The van der Waals surface area contributed by atoms with E-state index in [1.165, 1.54) is 15.6 Å². The van der Waals surface area contributed by atoms with Gasteiger partial charge in [-0.05, 0) is 49.4 Å². The molecule has 5 rings (SSSR count). The molecule has 1 aromatic heterocycles. The van der Waals surface area contributed by atoms with Gasteiger partial charge in [0.25, 0.3) is 0 Å². The highest BCUT2D eigenvalue weighted by atomic mass is 19.1. The van der Waals surface area contributed by atoms with E-state index in [0.717, 1.165) is 18.8 Å². The van der Waals surface area contributed by atoms with E-state index in [-0.39, 0.29) is 24.9 Å². The van der Waals surface area contributed by atoms with Gasteiger partial charge < -0.3 is 19.9 Å². The first-order valence-corrected chi connectivity index (χ1v) is 12.5. The number of rotatable bonds is 8. The molecule has 1 N–H and O–H groups in total. The molecule has 1 fully saturated rings. The number of ether oxygens (including phenoxy) is 1. The largest absolute Gasteiger partial charge is 0.378 e. The van der Waals surface area contributed by atoms with Gasteiger partial charge >= 0.3 is 0 Å². The second kappa shape index (κ2) is 11.4. The summed E-state index contributed by atoms with van der Waals surface area (Å²) in [5.74, 6) is -1.20. The van der Waals surface area contributed by atoms with Crippen molar-refractivity contribution in [3.63, 3.8) is 0 Å². The second-order valence-electron chi connectivity index (χ2n) is 9.16. The van der Waals surface area contributed by atoms with Gasteiger partial charge in [0, 0.05) is 36.6 Å². The standard InChI is InChI=1S/C28H29FN6O3/c1-20(28(37)30-22-10-12-23(13-11-22)33-14-16-38-17-15-33)34(18-21-6-2-3-7-24(21)29)27(36)19-35-26-9-5-4-8-25(26)31-32-35/h2-13,20H,14-19H2,1H3,(H,30,37)/t20-/m1/s1. The smallest absolute Gasteiger partial charge is 0.246 e. The summed E-state index contributed by atoms with van der Waals surface area (Å²) >= 11 is 0. The van der Waals surface area contributed by atoms with Crippen LogP contribution in [0.5, 0.6) is 0 Å². The molecule has 196 valence electrons. The fourth-order valence-corrected chi connectivity index (χ4v) is 4.47. The third kappa shape index (κ3) is 5.65. The van der Waals surface area contributed by atoms with Crippen LogP contribution in [0.1, 0.15) is 12.5 Å². The lowest BCUT2D eigenvalue weighted by Crippen LogP contribution is -2.46. The summed E-state index contributed by atoms with van der Waals surface area (Å²) in [4.78, 5) is 30.4. The number of para-hydroxylation sites is 1. The summed E-state index contributed by atoms with van der Waals surface area (Å²) in [6.07, 6.45) is 0. The highest BCUT2D eigenvalue weighted by Gasteiger charge is 2.28. The lowest BCUT2D eigenvalue weighted by atomic mass is 10.1. The van der Waals surface area contributed by atoms with Crippen LogP contribution in [-0.4, -0.2) is 64.1 Å². The van der Waals surface area contributed by atoms with E-state index in [1.807, 2.05) is 42.5 Å². The molecule has 2 heterocycles. The fourth-order valence-electron chi connectivity index (χ4n) is 4.47. The molecular weight excluding hydrogens is 487 g/mol. The van der Waals surface area contributed by atoms with Gasteiger partial charge in [0.2, 0.25) is 11.8 Å². The molecule has 38 heavy (non-hydrogen) atoms. The summed E-state index contributed by atoms with van der Waals surface area (Å²) in [6.45, 7) is 4.44. The minimum absolute atomic E-state index is 0.0668. The zero-order valence-electron chi connectivity index (χ0n) is 21.1. The van der Waals surface area contributed by atoms with Crippen molar-refractivity contribution in [2.75, 3.05) is 36.5 Å². The van der Waals surface area contributed by atoms with Crippen LogP contribution in [0.15, 0.2) is 72.8 Å². The van der Waals surface area contributed by atoms with E-state index in [1.54, 1.807) is 31.2 Å². The number of hydrogen-bond acceptors (Lipinski definition) is 6. The predicted octanol–water partition coefficient (Wildman–Crippen LogP) is 3.46. The van der Waals surface area contributed by atoms with Crippen molar-refractivity contribution in [1.29, 1.82) is 0 Å². The van der Waals surface area contributed by atoms with Gasteiger partial charge in [-0.15, -0.1) is 5.10 Å². The van der Waals surface area contributed by atoms with Crippen LogP contribution in [-0.2, 0) is 27.4 Å². The van der Waals surface area contributed by atoms with Crippen molar-refractivity contribution in [2.24, 2.45) is 0 Å². The number of carbonyl (C=O) groups is 2. The zero-order valence-corrected chi connectivity index (χ0v) is 21.1. The topological polar surface area (TPSA) is 92.6 Å². The van der Waals surface area contributed by atoms with Gasteiger partial charge in [-0.1, -0.05) is 35.5 Å². The molecule has 1 atom stereocenters. The molecule has 3 aromatic carbocycles. The predicted molar refractivity (Wildman–Crippen MR) is 142 cm³/mol. The van der Waals surface area contributed by atoms with Gasteiger partial charge in [0.1, 0.15) is 23.9 Å². The fraction of sp³-hybridized carbons (Fsp3) is 0.286.